The molecule has 3 nitrogen and oxygen atoms in total. The van der Waals surface area contributed by atoms with Crippen molar-refractivity contribution in [3.63, 3.8) is 0 Å². The van der Waals surface area contributed by atoms with E-state index in [1.807, 2.05) is 18.2 Å². The van der Waals surface area contributed by atoms with Crippen molar-refractivity contribution in [3.8, 4) is 11.5 Å². The Morgan fingerprint density at radius 2 is 1.43 bits per heavy atom. The van der Waals surface area contributed by atoms with E-state index in [0.717, 1.165) is 28.9 Å². The van der Waals surface area contributed by atoms with E-state index in [2.05, 4.69) is 13.8 Å². The van der Waals surface area contributed by atoms with Gasteiger partial charge in [0.25, 0.3) is 0 Å². The summed E-state index contributed by atoms with van der Waals surface area (Å²) in [5.41, 5.74) is 7.61. The Morgan fingerprint density at radius 3 is 1.86 bits per heavy atom. The van der Waals surface area contributed by atoms with Crippen molar-refractivity contribution in [1.29, 1.82) is 0 Å². The molecule has 2 N–H and O–H groups in total. The smallest absolute Gasteiger partial charge is 0.127 e. The van der Waals surface area contributed by atoms with Gasteiger partial charge in [-0.2, -0.15) is 0 Å². The lowest BCUT2D eigenvalue weighted by Gasteiger charge is -2.34. The quantitative estimate of drug-likeness (QED) is 0.885. The second kappa shape index (κ2) is 7.17. The number of nitrogens with two attached hydrogens (primary N) is 1. The Balaban J connectivity index is 2.15. The molecule has 0 bridgehead atoms. The van der Waals surface area contributed by atoms with Crippen LogP contribution in [-0.2, 0) is 0 Å². The number of rotatable bonds is 5. The third-order valence-corrected chi connectivity index (χ3v) is 5.07. The van der Waals surface area contributed by atoms with Gasteiger partial charge in [0.05, 0.1) is 19.8 Å². The van der Waals surface area contributed by atoms with Gasteiger partial charge in [-0.25, -0.2) is 0 Å². The third kappa shape index (κ3) is 3.52. The summed E-state index contributed by atoms with van der Waals surface area (Å²) in [7, 11) is 3.39. The number of methoxy groups -OCH3 is 2. The van der Waals surface area contributed by atoms with Crippen molar-refractivity contribution < 1.29 is 9.47 Å². The molecule has 2 rings (SSSR count). The standard InChI is InChI=1S/C18H29NO2/c1-12(2)13-8-10-14(11-9-13)18(19)17-15(20-3)6-5-7-16(17)21-4/h5-7,12-14,18H,8-11,19H2,1-4H3. The van der Waals surface area contributed by atoms with E-state index in [9.17, 15) is 0 Å². The topological polar surface area (TPSA) is 44.5 Å². The van der Waals surface area contributed by atoms with Gasteiger partial charge >= 0.3 is 0 Å². The largest absolute Gasteiger partial charge is 0.496 e. The van der Waals surface area contributed by atoms with Crippen molar-refractivity contribution >= 4 is 0 Å². The van der Waals surface area contributed by atoms with Gasteiger partial charge in [0.1, 0.15) is 11.5 Å². The number of ether oxygens (including phenoxy) is 2. The predicted octanol–water partition coefficient (Wildman–Crippen LogP) is 4.17. The van der Waals surface area contributed by atoms with Gasteiger partial charge in [0.15, 0.2) is 0 Å². The summed E-state index contributed by atoms with van der Waals surface area (Å²) in [6.07, 6.45) is 4.97. The first kappa shape index (κ1) is 16.2. The number of hydrogen-bond donors (Lipinski definition) is 1. The molecule has 3 heteroatoms. The summed E-state index contributed by atoms with van der Waals surface area (Å²) in [4.78, 5) is 0. The van der Waals surface area contributed by atoms with Crippen LogP contribution in [0.5, 0.6) is 11.5 Å². The maximum atomic E-state index is 6.58. The maximum Gasteiger partial charge on any atom is 0.127 e. The molecule has 0 radical (unpaired) electrons. The van der Waals surface area contributed by atoms with Crippen LogP contribution in [0.15, 0.2) is 18.2 Å². The molecule has 1 aromatic rings. The van der Waals surface area contributed by atoms with Crippen LogP contribution in [-0.4, -0.2) is 14.2 Å². The highest BCUT2D eigenvalue weighted by Crippen LogP contribution is 2.43. The van der Waals surface area contributed by atoms with E-state index < -0.39 is 0 Å². The molecule has 0 aliphatic heterocycles. The molecule has 118 valence electrons. The molecular formula is C18H29NO2. The number of hydrogen-bond acceptors (Lipinski definition) is 3. The van der Waals surface area contributed by atoms with Crippen LogP contribution < -0.4 is 15.2 Å². The lowest BCUT2D eigenvalue weighted by molar-refractivity contribution is 0.200. The molecule has 1 saturated carbocycles. The molecule has 0 saturated heterocycles. The fourth-order valence-corrected chi connectivity index (χ4v) is 3.61. The van der Waals surface area contributed by atoms with Gasteiger partial charge in [-0.1, -0.05) is 19.9 Å². The zero-order valence-electron chi connectivity index (χ0n) is 13.8. The fraction of sp³-hybridized carbons (Fsp3) is 0.667. The lowest BCUT2D eigenvalue weighted by atomic mass is 9.73. The molecule has 1 fully saturated rings. The van der Waals surface area contributed by atoms with Gasteiger partial charge in [0, 0.05) is 6.04 Å². The molecule has 1 atom stereocenters. The van der Waals surface area contributed by atoms with Crippen LogP contribution in [0.2, 0.25) is 0 Å². The fourth-order valence-electron chi connectivity index (χ4n) is 3.61. The zero-order valence-corrected chi connectivity index (χ0v) is 13.8. The molecule has 0 heterocycles. The van der Waals surface area contributed by atoms with Crippen LogP contribution in [0.3, 0.4) is 0 Å². The highest BCUT2D eigenvalue weighted by atomic mass is 16.5. The second-order valence-electron chi connectivity index (χ2n) is 6.52. The van der Waals surface area contributed by atoms with Crippen LogP contribution in [0.4, 0.5) is 0 Å². The normalized spacial score (nSPS) is 23.9. The van der Waals surface area contributed by atoms with Crippen molar-refractivity contribution in [2.45, 2.75) is 45.6 Å². The van der Waals surface area contributed by atoms with Crippen molar-refractivity contribution in [2.75, 3.05) is 14.2 Å². The average molecular weight is 291 g/mol. The molecule has 0 spiro atoms. The Kier molecular flexibility index (Phi) is 5.51. The van der Waals surface area contributed by atoms with Gasteiger partial charge in [-0.3, -0.25) is 0 Å². The Labute approximate surface area is 128 Å². The summed E-state index contributed by atoms with van der Waals surface area (Å²) in [6, 6.07) is 5.88. The minimum atomic E-state index is -0.00999. The molecule has 1 aliphatic rings. The molecule has 0 amide bonds. The van der Waals surface area contributed by atoms with Crippen molar-refractivity contribution in [1.82, 2.24) is 0 Å². The number of benzene rings is 1. The van der Waals surface area contributed by atoms with Crippen LogP contribution in [0, 0.1) is 17.8 Å². The Bertz CT molecular complexity index is 428. The van der Waals surface area contributed by atoms with Crippen LogP contribution in [0.25, 0.3) is 0 Å². The first-order chi connectivity index (χ1) is 10.1. The third-order valence-electron chi connectivity index (χ3n) is 5.07. The Morgan fingerprint density at radius 1 is 0.952 bits per heavy atom. The van der Waals surface area contributed by atoms with E-state index in [-0.39, 0.29) is 6.04 Å². The van der Waals surface area contributed by atoms with Gasteiger partial charge in [-0.15, -0.1) is 0 Å². The molecule has 1 aromatic carbocycles. The summed E-state index contributed by atoms with van der Waals surface area (Å²) < 4.78 is 11.0. The predicted molar refractivity (Wildman–Crippen MR) is 86.8 cm³/mol. The summed E-state index contributed by atoms with van der Waals surface area (Å²) in [5.74, 6) is 3.84. The average Bonchev–Trinajstić information content (AvgIpc) is 2.53. The highest BCUT2D eigenvalue weighted by molar-refractivity contribution is 5.47. The van der Waals surface area contributed by atoms with E-state index >= 15 is 0 Å². The monoisotopic (exact) mass is 291 g/mol. The van der Waals surface area contributed by atoms with E-state index in [0.29, 0.717) is 5.92 Å². The summed E-state index contributed by atoms with van der Waals surface area (Å²) >= 11 is 0. The minimum absolute atomic E-state index is 0.00999. The second-order valence-corrected chi connectivity index (χ2v) is 6.52. The van der Waals surface area contributed by atoms with Crippen LogP contribution in [0.1, 0.15) is 51.1 Å². The SMILES string of the molecule is COc1cccc(OC)c1C(N)C1CCC(C(C)C)CC1. The van der Waals surface area contributed by atoms with Gasteiger partial charge in [0.2, 0.25) is 0 Å². The molecule has 1 aliphatic carbocycles. The van der Waals surface area contributed by atoms with E-state index in [4.69, 9.17) is 15.2 Å². The van der Waals surface area contributed by atoms with Crippen LogP contribution >= 0.6 is 0 Å². The van der Waals surface area contributed by atoms with Gasteiger partial charge in [-0.05, 0) is 55.6 Å². The summed E-state index contributed by atoms with van der Waals surface area (Å²) in [6.45, 7) is 4.66. The molecule has 21 heavy (non-hydrogen) atoms. The highest BCUT2D eigenvalue weighted by Gasteiger charge is 2.30. The molecule has 0 aromatic heterocycles. The molecule has 1 unspecified atom stereocenters. The first-order valence-corrected chi connectivity index (χ1v) is 8.05. The first-order valence-electron chi connectivity index (χ1n) is 8.05. The van der Waals surface area contributed by atoms with Crippen molar-refractivity contribution in [3.05, 3.63) is 23.8 Å². The maximum absolute atomic E-state index is 6.58. The summed E-state index contributed by atoms with van der Waals surface area (Å²) in [5, 5.41) is 0. The van der Waals surface area contributed by atoms with E-state index in [1.54, 1.807) is 14.2 Å². The van der Waals surface area contributed by atoms with Gasteiger partial charge < -0.3 is 15.2 Å². The lowest BCUT2D eigenvalue weighted by Crippen LogP contribution is -2.28. The molecular weight excluding hydrogens is 262 g/mol. The Hall–Kier alpha value is -1.22. The van der Waals surface area contributed by atoms with Crippen molar-refractivity contribution in [2.24, 2.45) is 23.5 Å². The zero-order chi connectivity index (χ0) is 15.4. The van der Waals surface area contributed by atoms with E-state index in [1.165, 1.54) is 25.7 Å². The minimum Gasteiger partial charge on any atom is -0.496 e.